The molecule has 0 aromatic carbocycles. The number of carbonyl (C=O) groups excluding carboxylic acids is 1. The maximum atomic E-state index is 10.0. The Bertz CT molecular complexity index is 102. The van der Waals surface area contributed by atoms with Crippen molar-refractivity contribution in [1.29, 1.82) is 0 Å². The minimum absolute atomic E-state index is 0.283. The van der Waals surface area contributed by atoms with E-state index in [-0.39, 0.29) is 6.61 Å². The second kappa shape index (κ2) is 5.20. The van der Waals surface area contributed by atoms with Crippen molar-refractivity contribution in [2.75, 3.05) is 20.3 Å². The van der Waals surface area contributed by atoms with Crippen molar-refractivity contribution in [3.8, 4) is 0 Å². The maximum absolute atomic E-state index is 10.0. The zero-order valence-electron chi connectivity index (χ0n) is 6.12. The Hall–Kier alpha value is -0.610. The second-order valence-electron chi connectivity index (χ2n) is 1.82. The van der Waals surface area contributed by atoms with Crippen molar-refractivity contribution in [3.63, 3.8) is 0 Å². The van der Waals surface area contributed by atoms with Gasteiger partial charge in [-0.2, -0.15) is 0 Å². The topological polar surface area (TPSA) is 55.4 Å². The van der Waals surface area contributed by atoms with Gasteiger partial charge in [0.15, 0.2) is 6.10 Å². The molecule has 1 unspecified atom stereocenters. The zero-order chi connectivity index (χ0) is 7.98. The molecule has 10 heavy (non-hydrogen) atoms. The van der Waals surface area contributed by atoms with Gasteiger partial charge >= 0.3 is 5.97 Å². The Labute approximate surface area is 59.7 Å². The summed E-state index contributed by atoms with van der Waals surface area (Å²) < 4.78 is 9.39. The lowest BCUT2D eigenvalue weighted by atomic mass is 10.4. The summed E-state index contributed by atoms with van der Waals surface area (Å²) >= 11 is 0. The summed E-state index contributed by atoms with van der Waals surface area (Å²) in [6.45, 7) is 2.11. The van der Waals surface area contributed by atoms with E-state index < -0.39 is 12.1 Å². The van der Waals surface area contributed by atoms with Crippen LogP contribution in [0.25, 0.3) is 0 Å². The highest BCUT2D eigenvalue weighted by atomic mass is 16.5. The van der Waals surface area contributed by atoms with Gasteiger partial charge in [-0.1, -0.05) is 0 Å². The van der Waals surface area contributed by atoms with Gasteiger partial charge in [0.2, 0.25) is 0 Å². The molecule has 0 spiro atoms. The molecule has 0 aliphatic heterocycles. The largest absolute Gasteiger partial charge is 0.383 e. The molecule has 4 heteroatoms. The van der Waals surface area contributed by atoms with E-state index in [1.807, 2.05) is 0 Å². The molecule has 0 amide bonds. The van der Waals surface area contributed by atoms with E-state index >= 15 is 0 Å². The van der Waals surface area contributed by atoms with Crippen LogP contribution in [0.2, 0.25) is 0 Å². The van der Waals surface area contributed by atoms with E-state index in [9.17, 15) is 9.90 Å². The van der Waals surface area contributed by atoms with Crippen molar-refractivity contribution in [2.24, 2.45) is 0 Å². The number of hydrogen-bond donors (Lipinski definition) is 0. The average molecular weight is 147 g/mol. The van der Waals surface area contributed by atoms with Gasteiger partial charge in [0, 0.05) is 7.11 Å². The smallest absolute Gasteiger partial charge is 0.382 e. The predicted molar refractivity (Wildman–Crippen MR) is 33.0 cm³/mol. The van der Waals surface area contributed by atoms with Gasteiger partial charge in [0.05, 0.1) is 13.2 Å². The fourth-order valence-electron chi connectivity index (χ4n) is 0.376. The molecule has 59 valence electrons. The summed E-state index contributed by atoms with van der Waals surface area (Å²) in [5.41, 5.74) is 0. The summed E-state index contributed by atoms with van der Waals surface area (Å²) in [6.07, 6.45) is -0.852. The molecule has 0 rings (SSSR count). The fraction of sp³-hybridized carbons (Fsp3) is 0.833. The first kappa shape index (κ1) is 9.39. The first-order valence-corrected chi connectivity index (χ1v) is 3.00. The summed E-state index contributed by atoms with van der Waals surface area (Å²) in [5, 5.41) is 10.0. The van der Waals surface area contributed by atoms with Crippen LogP contribution >= 0.6 is 0 Å². The Morgan fingerprint density at radius 1 is 1.50 bits per heavy atom. The van der Waals surface area contributed by atoms with E-state index in [1.54, 1.807) is 0 Å². The van der Waals surface area contributed by atoms with E-state index in [0.29, 0.717) is 6.61 Å². The van der Waals surface area contributed by atoms with Crippen molar-refractivity contribution in [1.82, 2.24) is 0 Å². The van der Waals surface area contributed by atoms with Gasteiger partial charge in [0.25, 0.3) is 0 Å². The molecule has 0 aromatic heterocycles. The molecule has 0 bridgehead atoms. The lowest BCUT2D eigenvalue weighted by Gasteiger charge is -2.04. The molecule has 0 N–H and O–H groups in total. The number of hydrogen-bond acceptors (Lipinski definition) is 3. The predicted octanol–water partition coefficient (Wildman–Crippen LogP) is -0.00500. The van der Waals surface area contributed by atoms with Gasteiger partial charge in [-0.15, -0.1) is 0 Å². The molecule has 0 fully saturated rings. The first-order chi connectivity index (χ1) is 4.68. The van der Waals surface area contributed by atoms with Gasteiger partial charge < -0.3 is 9.47 Å². The lowest BCUT2D eigenvalue weighted by molar-refractivity contribution is -0.156. The van der Waals surface area contributed by atoms with Crippen LogP contribution in [0.15, 0.2) is 0 Å². The highest BCUT2D eigenvalue weighted by molar-refractivity contribution is 5.71. The molecule has 1 radical (unpaired) electrons. The van der Waals surface area contributed by atoms with Crippen LogP contribution in [-0.4, -0.2) is 32.4 Å². The quantitative estimate of drug-likeness (QED) is 0.514. The monoisotopic (exact) mass is 147 g/mol. The summed E-state index contributed by atoms with van der Waals surface area (Å²) in [6, 6.07) is 0. The molecular formula is C6H11O4. The van der Waals surface area contributed by atoms with Crippen molar-refractivity contribution >= 4 is 5.97 Å². The molecule has 0 saturated carbocycles. The van der Waals surface area contributed by atoms with E-state index in [1.165, 1.54) is 14.0 Å². The van der Waals surface area contributed by atoms with Crippen LogP contribution < -0.4 is 0 Å². The number of rotatable bonds is 5. The fourth-order valence-corrected chi connectivity index (χ4v) is 0.376. The minimum atomic E-state index is -1.20. The van der Waals surface area contributed by atoms with Crippen molar-refractivity contribution in [3.05, 3.63) is 0 Å². The van der Waals surface area contributed by atoms with Crippen LogP contribution in [0.3, 0.4) is 0 Å². The summed E-state index contributed by atoms with van der Waals surface area (Å²) in [7, 11) is 1.52. The van der Waals surface area contributed by atoms with Crippen LogP contribution in [-0.2, 0) is 19.4 Å². The third-order valence-electron chi connectivity index (χ3n) is 0.987. The van der Waals surface area contributed by atoms with Gasteiger partial charge in [0.1, 0.15) is 0 Å². The number of ether oxygens (including phenoxy) is 2. The highest BCUT2D eigenvalue weighted by Crippen LogP contribution is 1.89. The van der Waals surface area contributed by atoms with Gasteiger partial charge in [-0.25, -0.2) is 9.90 Å². The maximum Gasteiger partial charge on any atom is 0.383 e. The highest BCUT2D eigenvalue weighted by Gasteiger charge is 2.11. The van der Waals surface area contributed by atoms with Gasteiger partial charge in [-0.05, 0) is 6.92 Å². The minimum Gasteiger partial charge on any atom is -0.382 e. The summed E-state index contributed by atoms with van der Waals surface area (Å²) in [4.78, 5) is 10.0. The van der Waals surface area contributed by atoms with Crippen LogP contribution in [0, 0.1) is 0 Å². The third-order valence-corrected chi connectivity index (χ3v) is 0.987. The Morgan fingerprint density at radius 3 is 2.50 bits per heavy atom. The second-order valence-corrected chi connectivity index (χ2v) is 1.82. The Morgan fingerprint density at radius 2 is 2.10 bits per heavy atom. The third kappa shape index (κ3) is 4.29. The van der Waals surface area contributed by atoms with Crippen LogP contribution in [0.5, 0.6) is 0 Å². The summed E-state index contributed by atoms with van der Waals surface area (Å²) in [5.74, 6) is -1.20. The number of carbonyl (C=O) groups is 1. The standard InChI is InChI=1S/C6H11O4/c1-5(6(7)8)10-4-3-9-2/h5H,3-4H2,1-2H3. The molecule has 0 aliphatic carbocycles. The number of methoxy groups -OCH3 is 1. The zero-order valence-corrected chi connectivity index (χ0v) is 6.12. The van der Waals surface area contributed by atoms with E-state index in [4.69, 9.17) is 4.74 Å². The molecular weight excluding hydrogens is 136 g/mol. The average Bonchev–Trinajstić information content (AvgIpc) is 1.88. The molecule has 1 atom stereocenters. The Kier molecular flexibility index (Phi) is 4.88. The molecule has 0 aromatic rings. The first-order valence-electron chi connectivity index (χ1n) is 3.00. The SMILES string of the molecule is COCCOC(C)C([O])=O. The van der Waals surface area contributed by atoms with E-state index in [0.717, 1.165) is 0 Å². The molecule has 0 aliphatic rings. The van der Waals surface area contributed by atoms with Crippen LogP contribution in [0.1, 0.15) is 6.92 Å². The lowest BCUT2D eigenvalue weighted by Crippen LogP contribution is -2.20. The van der Waals surface area contributed by atoms with E-state index in [2.05, 4.69) is 4.74 Å². The Balaban J connectivity index is 3.21. The molecule has 0 saturated heterocycles. The van der Waals surface area contributed by atoms with Crippen molar-refractivity contribution < 1.29 is 19.4 Å². The molecule has 0 heterocycles. The molecule has 4 nitrogen and oxygen atoms in total. The van der Waals surface area contributed by atoms with Crippen molar-refractivity contribution in [2.45, 2.75) is 13.0 Å². The normalized spacial score (nSPS) is 13.0. The van der Waals surface area contributed by atoms with Gasteiger partial charge in [-0.3, -0.25) is 0 Å². The van der Waals surface area contributed by atoms with Crippen LogP contribution in [0.4, 0.5) is 0 Å².